The first kappa shape index (κ1) is 17.0. The number of aromatic amines is 1. The van der Waals surface area contributed by atoms with Crippen LogP contribution in [0, 0.1) is 0 Å². The summed E-state index contributed by atoms with van der Waals surface area (Å²) in [6, 6.07) is 0. The molecule has 0 fully saturated rings. The van der Waals surface area contributed by atoms with E-state index in [0.29, 0.717) is 19.1 Å². The molecular formula is C14H21N5O4. The van der Waals surface area contributed by atoms with E-state index < -0.39 is 17.4 Å². The molecule has 2 aromatic heterocycles. The largest absolute Gasteiger partial charge is 0.389 e. The maximum absolute atomic E-state index is 12.1. The summed E-state index contributed by atoms with van der Waals surface area (Å²) in [6.07, 6.45) is 0.755. The fourth-order valence-corrected chi connectivity index (χ4v) is 2.26. The Hall–Kier alpha value is -2.39. The third-order valence-electron chi connectivity index (χ3n) is 3.28. The van der Waals surface area contributed by atoms with Crippen LogP contribution >= 0.6 is 0 Å². The highest BCUT2D eigenvalue weighted by Gasteiger charge is 2.19. The SMILES string of the molecule is C=CCOC[C@@H](O)Cn1c(NCC)nc2c1c(=O)[nH]c(=O)n2C. The molecule has 0 aliphatic heterocycles. The Bertz CT molecular complexity index is 804. The highest BCUT2D eigenvalue weighted by atomic mass is 16.5. The van der Waals surface area contributed by atoms with Crippen molar-refractivity contribution in [3.05, 3.63) is 33.5 Å². The second-order valence-electron chi connectivity index (χ2n) is 5.05. The molecule has 0 aliphatic rings. The molecule has 2 rings (SSSR count). The molecule has 0 spiro atoms. The normalized spacial score (nSPS) is 12.5. The van der Waals surface area contributed by atoms with E-state index in [0.717, 1.165) is 0 Å². The van der Waals surface area contributed by atoms with Gasteiger partial charge in [-0.1, -0.05) is 6.08 Å². The van der Waals surface area contributed by atoms with Gasteiger partial charge >= 0.3 is 5.69 Å². The molecule has 0 saturated heterocycles. The Morgan fingerprint density at radius 3 is 2.91 bits per heavy atom. The van der Waals surface area contributed by atoms with Gasteiger partial charge in [0.05, 0.1) is 25.9 Å². The monoisotopic (exact) mass is 323 g/mol. The van der Waals surface area contributed by atoms with Crippen molar-refractivity contribution in [1.29, 1.82) is 0 Å². The lowest BCUT2D eigenvalue weighted by Crippen LogP contribution is -2.30. The highest BCUT2D eigenvalue weighted by Crippen LogP contribution is 2.15. The van der Waals surface area contributed by atoms with Crippen LogP contribution in [0.25, 0.3) is 11.2 Å². The molecule has 2 heterocycles. The summed E-state index contributed by atoms with van der Waals surface area (Å²) < 4.78 is 8.03. The van der Waals surface area contributed by atoms with Gasteiger partial charge in [-0.25, -0.2) is 4.79 Å². The summed E-state index contributed by atoms with van der Waals surface area (Å²) in [5.41, 5.74) is -0.594. The van der Waals surface area contributed by atoms with E-state index in [2.05, 4.69) is 21.9 Å². The summed E-state index contributed by atoms with van der Waals surface area (Å²) in [5.74, 6) is 0.414. The Morgan fingerprint density at radius 2 is 2.26 bits per heavy atom. The fourth-order valence-electron chi connectivity index (χ4n) is 2.26. The molecule has 9 heteroatoms. The van der Waals surface area contributed by atoms with Crippen LogP contribution in [-0.2, 0) is 18.3 Å². The number of aliphatic hydroxyl groups is 1. The molecule has 0 bridgehead atoms. The van der Waals surface area contributed by atoms with Crippen LogP contribution in [-0.4, -0.2) is 50.1 Å². The summed E-state index contributed by atoms with van der Waals surface area (Å²) in [4.78, 5) is 30.4. The van der Waals surface area contributed by atoms with Crippen molar-refractivity contribution in [3.8, 4) is 0 Å². The van der Waals surface area contributed by atoms with Gasteiger partial charge in [-0.05, 0) is 6.92 Å². The van der Waals surface area contributed by atoms with Gasteiger partial charge in [-0.2, -0.15) is 4.98 Å². The number of ether oxygens (including phenoxy) is 1. The van der Waals surface area contributed by atoms with Gasteiger partial charge in [0, 0.05) is 13.6 Å². The number of aliphatic hydroxyl groups excluding tert-OH is 1. The van der Waals surface area contributed by atoms with Gasteiger partial charge in [-0.3, -0.25) is 14.3 Å². The number of rotatable bonds is 8. The number of nitrogens with zero attached hydrogens (tertiary/aromatic N) is 3. The molecule has 3 N–H and O–H groups in total. The molecule has 0 amide bonds. The zero-order valence-corrected chi connectivity index (χ0v) is 13.2. The van der Waals surface area contributed by atoms with Gasteiger partial charge in [-0.15, -0.1) is 6.58 Å². The predicted octanol–water partition coefficient (Wildman–Crippen LogP) is -0.581. The minimum atomic E-state index is -0.832. The molecular weight excluding hydrogens is 302 g/mol. The first-order chi connectivity index (χ1) is 11.0. The number of aryl methyl sites for hydroxylation is 1. The molecule has 2 aromatic rings. The number of anilines is 1. The summed E-state index contributed by atoms with van der Waals surface area (Å²) >= 11 is 0. The lowest BCUT2D eigenvalue weighted by Gasteiger charge is -2.14. The Kier molecular flexibility index (Phi) is 5.35. The summed E-state index contributed by atoms with van der Waals surface area (Å²) in [7, 11) is 1.53. The van der Waals surface area contributed by atoms with Crippen LogP contribution in [0.3, 0.4) is 0 Å². The quantitative estimate of drug-likeness (QED) is 0.442. The smallest absolute Gasteiger partial charge is 0.329 e. The van der Waals surface area contributed by atoms with Crippen molar-refractivity contribution in [1.82, 2.24) is 19.1 Å². The van der Waals surface area contributed by atoms with Crippen LogP contribution < -0.4 is 16.6 Å². The van der Waals surface area contributed by atoms with Gasteiger partial charge in [0.2, 0.25) is 5.95 Å². The van der Waals surface area contributed by atoms with E-state index in [1.165, 1.54) is 11.6 Å². The summed E-state index contributed by atoms with van der Waals surface area (Å²) in [6.45, 7) is 6.54. The number of hydrogen-bond acceptors (Lipinski definition) is 6. The van der Waals surface area contributed by atoms with Crippen molar-refractivity contribution in [2.24, 2.45) is 7.05 Å². The molecule has 0 aromatic carbocycles. The van der Waals surface area contributed by atoms with Crippen LogP contribution in [0.15, 0.2) is 22.2 Å². The van der Waals surface area contributed by atoms with Gasteiger partial charge < -0.3 is 19.7 Å². The maximum atomic E-state index is 12.1. The number of fused-ring (bicyclic) bond motifs is 1. The Morgan fingerprint density at radius 1 is 1.52 bits per heavy atom. The average Bonchev–Trinajstić information content (AvgIpc) is 2.85. The van der Waals surface area contributed by atoms with E-state index in [4.69, 9.17) is 4.74 Å². The molecule has 9 nitrogen and oxygen atoms in total. The number of hydrogen-bond donors (Lipinski definition) is 3. The molecule has 23 heavy (non-hydrogen) atoms. The Balaban J connectivity index is 2.45. The molecule has 0 aliphatic carbocycles. The van der Waals surface area contributed by atoms with Crippen LogP contribution in [0.5, 0.6) is 0 Å². The third kappa shape index (κ3) is 3.51. The van der Waals surface area contributed by atoms with E-state index in [1.54, 1.807) is 10.6 Å². The lowest BCUT2D eigenvalue weighted by molar-refractivity contribution is 0.0405. The number of H-pyrrole nitrogens is 1. The second kappa shape index (κ2) is 7.25. The van der Waals surface area contributed by atoms with Crippen LogP contribution in [0.1, 0.15) is 6.92 Å². The van der Waals surface area contributed by atoms with E-state index in [-0.39, 0.29) is 24.3 Å². The van der Waals surface area contributed by atoms with Crippen molar-refractivity contribution >= 4 is 17.1 Å². The number of imidazole rings is 1. The average molecular weight is 323 g/mol. The minimum absolute atomic E-state index is 0.0981. The molecule has 0 radical (unpaired) electrons. The first-order valence-electron chi connectivity index (χ1n) is 7.29. The molecule has 1 atom stereocenters. The second-order valence-corrected chi connectivity index (χ2v) is 5.05. The van der Waals surface area contributed by atoms with Gasteiger partial charge in [0.1, 0.15) is 0 Å². The Labute approximate surface area is 132 Å². The molecule has 0 saturated carbocycles. The fraction of sp³-hybridized carbons (Fsp3) is 0.500. The predicted molar refractivity (Wildman–Crippen MR) is 86.8 cm³/mol. The molecule has 126 valence electrons. The van der Waals surface area contributed by atoms with Crippen LogP contribution in [0.2, 0.25) is 0 Å². The highest BCUT2D eigenvalue weighted by molar-refractivity contribution is 5.74. The zero-order chi connectivity index (χ0) is 17.0. The maximum Gasteiger partial charge on any atom is 0.329 e. The standard InChI is InChI=1S/C14H21N5O4/c1-4-6-23-8-9(20)7-19-10-11(16-13(19)15-5-2)18(3)14(22)17-12(10)21/h4,9,20H,1,5-8H2,2-3H3,(H,15,16)(H,17,21,22)/t9-/m0/s1. The van der Waals surface area contributed by atoms with Crippen molar-refractivity contribution in [2.75, 3.05) is 25.1 Å². The van der Waals surface area contributed by atoms with E-state index in [1.807, 2.05) is 6.92 Å². The van der Waals surface area contributed by atoms with Crippen molar-refractivity contribution in [2.45, 2.75) is 19.6 Å². The zero-order valence-electron chi connectivity index (χ0n) is 13.2. The van der Waals surface area contributed by atoms with Crippen molar-refractivity contribution in [3.63, 3.8) is 0 Å². The van der Waals surface area contributed by atoms with Gasteiger partial charge in [0.15, 0.2) is 11.2 Å². The van der Waals surface area contributed by atoms with E-state index in [9.17, 15) is 14.7 Å². The summed E-state index contributed by atoms with van der Waals surface area (Å²) in [5, 5.41) is 13.1. The van der Waals surface area contributed by atoms with E-state index >= 15 is 0 Å². The first-order valence-corrected chi connectivity index (χ1v) is 7.29. The lowest BCUT2D eigenvalue weighted by atomic mass is 10.3. The number of nitrogens with one attached hydrogen (secondary N) is 2. The number of aromatic nitrogens is 4. The minimum Gasteiger partial charge on any atom is -0.389 e. The van der Waals surface area contributed by atoms with Crippen molar-refractivity contribution < 1.29 is 9.84 Å². The third-order valence-corrected chi connectivity index (χ3v) is 3.28. The topological polar surface area (TPSA) is 114 Å². The van der Waals surface area contributed by atoms with Gasteiger partial charge in [0.25, 0.3) is 5.56 Å². The molecule has 0 unspecified atom stereocenters. The van der Waals surface area contributed by atoms with Crippen LogP contribution in [0.4, 0.5) is 5.95 Å².